The molecule has 1 aliphatic heterocycles. The molecule has 0 amide bonds. The molecule has 1 heterocycles. The number of halogens is 1. The molecular weight excluding hydrogens is 288 g/mol. The molecule has 2 nitrogen and oxygen atoms in total. The zero-order valence-corrected chi connectivity index (χ0v) is 13.8. The molecule has 1 aromatic rings. The maximum absolute atomic E-state index is 5.97. The van der Waals surface area contributed by atoms with E-state index >= 15 is 0 Å². The molecule has 1 atom stereocenters. The topological polar surface area (TPSA) is 15.3 Å². The average Bonchev–Trinajstić information content (AvgIpc) is 2.48. The molecule has 0 radical (unpaired) electrons. The van der Waals surface area contributed by atoms with Crippen LogP contribution in [0.25, 0.3) is 0 Å². The van der Waals surface area contributed by atoms with Crippen molar-refractivity contribution >= 4 is 23.4 Å². The van der Waals surface area contributed by atoms with Crippen molar-refractivity contribution in [2.75, 3.05) is 37.7 Å². The van der Waals surface area contributed by atoms with E-state index in [4.69, 9.17) is 11.6 Å². The average molecular weight is 313 g/mol. The van der Waals surface area contributed by atoms with E-state index in [0.29, 0.717) is 6.04 Å². The Labute approximate surface area is 132 Å². The van der Waals surface area contributed by atoms with E-state index in [9.17, 15) is 0 Å². The largest absolute Gasteiger partial charge is 0.309 e. The van der Waals surface area contributed by atoms with E-state index in [1.807, 2.05) is 12.1 Å². The van der Waals surface area contributed by atoms with Crippen LogP contribution in [0, 0.1) is 0 Å². The van der Waals surface area contributed by atoms with E-state index in [0.717, 1.165) is 18.1 Å². The summed E-state index contributed by atoms with van der Waals surface area (Å²) in [5.74, 6) is 2.57. The van der Waals surface area contributed by atoms with Crippen molar-refractivity contribution in [1.29, 1.82) is 0 Å². The zero-order chi connectivity index (χ0) is 14.2. The van der Waals surface area contributed by atoms with Gasteiger partial charge in [0, 0.05) is 48.7 Å². The Morgan fingerprint density at radius 2 is 1.95 bits per heavy atom. The van der Waals surface area contributed by atoms with E-state index in [1.54, 1.807) is 0 Å². The fourth-order valence-electron chi connectivity index (χ4n) is 2.59. The molecule has 0 bridgehead atoms. The van der Waals surface area contributed by atoms with Crippen molar-refractivity contribution in [2.45, 2.75) is 25.8 Å². The number of nitrogens with one attached hydrogen (secondary N) is 1. The lowest BCUT2D eigenvalue weighted by Gasteiger charge is -2.27. The van der Waals surface area contributed by atoms with Crippen LogP contribution in [0.1, 0.15) is 31.4 Å². The highest BCUT2D eigenvalue weighted by Gasteiger charge is 2.12. The predicted molar refractivity (Wildman–Crippen MR) is 90.9 cm³/mol. The molecule has 0 spiro atoms. The number of hydrogen-bond donors (Lipinski definition) is 1. The van der Waals surface area contributed by atoms with Crippen LogP contribution in [0.3, 0.4) is 0 Å². The molecule has 112 valence electrons. The number of thioether (sulfide) groups is 1. The Morgan fingerprint density at radius 1 is 1.25 bits per heavy atom. The lowest BCUT2D eigenvalue weighted by molar-refractivity contribution is 0.293. The normalized spacial score (nSPS) is 18.1. The minimum Gasteiger partial charge on any atom is -0.309 e. The first-order chi connectivity index (χ1) is 9.79. The first kappa shape index (κ1) is 16.2. The Bertz CT molecular complexity index is 377. The van der Waals surface area contributed by atoms with Gasteiger partial charge >= 0.3 is 0 Å². The van der Waals surface area contributed by atoms with Crippen molar-refractivity contribution in [1.82, 2.24) is 10.2 Å². The van der Waals surface area contributed by atoms with E-state index < -0.39 is 0 Å². The highest BCUT2D eigenvalue weighted by Crippen LogP contribution is 2.20. The van der Waals surface area contributed by atoms with E-state index in [2.05, 4.69) is 41.0 Å². The summed E-state index contributed by atoms with van der Waals surface area (Å²) in [6.45, 7) is 6.95. The Kier molecular flexibility index (Phi) is 7.22. The number of hydrogen-bond acceptors (Lipinski definition) is 3. The van der Waals surface area contributed by atoms with Crippen molar-refractivity contribution in [3.63, 3.8) is 0 Å². The molecule has 4 heteroatoms. The second kappa shape index (κ2) is 8.93. The van der Waals surface area contributed by atoms with E-state index in [1.165, 1.54) is 43.0 Å². The Morgan fingerprint density at radius 3 is 2.60 bits per heavy atom. The molecule has 1 N–H and O–H groups in total. The summed E-state index contributed by atoms with van der Waals surface area (Å²) in [7, 11) is 0. The van der Waals surface area contributed by atoms with Crippen LogP contribution in [0.4, 0.5) is 0 Å². The monoisotopic (exact) mass is 312 g/mol. The quantitative estimate of drug-likeness (QED) is 0.824. The van der Waals surface area contributed by atoms with Gasteiger partial charge in [0.2, 0.25) is 0 Å². The maximum Gasteiger partial charge on any atom is 0.0406 e. The van der Waals surface area contributed by atoms with E-state index in [-0.39, 0.29) is 0 Å². The highest BCUT2D eigenvalue weighted by atomic mass is 35.5. The number of rotatable bonds is 7. The van der Waals surface area contributed by atoms with Gasteiger partial charge in [-0.3, -0.25) is 0 Å². The molecule has 20 heavy (non-hydrogen) atoms. The molecule has 1 fully saturated rings. The molecule has 1 aliphatic rings. The smallest absolute Gasteiger partial charge is 0.0406 e. The van der Waals surface area contributed by atoms with Crippen LogP contribution in [0.5, 0.6) is 0 Å². The maximum atomic E-state index is 5.97. The van der Waals surface area contributed by atoms with Gasteiger partial charge in [-0.05, 0) is 24.1 Å². The number of benzene rings is 1. The van der Waals surface area contributed by atoms with Gasteiger partial charge in [-0.2, -0.15) is 11.8 Å². The SMILES string of the molecule is CCCC(NCCN1CCSCC1)c1ccc(Cl)cc1. The first-order valence-corrected chi connectivity index (χ1v) is 9.12. The summed E-state index contributed by atoms with van der Waals surface area (Å²) in [6, 6.07) is 8.73. The molecule has 0 aromatic heterocycles. The lowest BCUT2D eigenvalue weighted by Crippen LogP contribution is -2.38. The molecule has 1 saturated heterocycles. The van der Waals surface area contributed by atoms with Crippen LogP contribution in [-0.4, -0.2) is 42.6 Å². The van der Waals surface area contributed by atoms with Gasteiger partial charge in [0.25, 0.3) is 0 Å². The van der Waals surface area contributed by atoms with Gasteiger partial charge in [0.1, 0.15) is 0 Å². The van der Waals surface area contributed by atoms with Crippen molar-refractivity contribution in [2.24, 2.45) is 0 Å². The molecule has 1 unspecified atom stereocenters. The molecule has 0 aliphatic carbocycles. The van der Waals surface area contributed by atoms with Crippen molar-refractivity contribution in [3.05, 3.63) is 34.9 Å². The second-order valence-corrected chi connectivity index (χ2v) is 6.96. The van der Waals surface area contributed by atoms with Gasteiger partial charge < -0.3 is 10.2 Å². The third kappa shape index (κ3) is 5.28. The summed E-state index contributed by atoms with van der Waals surface area (Å²) in [5.41, 5.74) is 1.35. The predicted octanol–water partition coefficient (Wildman–Crippen LogP) is 3.82. The van der Waals surface area contributed by atoms with Crippen LogP contribution in [-0.2, 0) is 0 Å². The van der Waals surface area contributed by atoms with Gasteiger partial charge in [0.05, 0.1) is 0 Å². The summed E-state index contributed by atoms with van der Waals surface area (Å²) in [6.07, 6.45) is 2.37. The summed E-state index contributed by atoms with van der Waals surface area (Å²) in [4.78, 5) is 2.56. The first-order valence-electron chi connectivity index (χ1n) is 7.58. The molecule has 0 saturated carbocycles. The van der Waals surface area contributed by atoms with Crippen LogP contribution >= 0.6 is 23.4 Å². The standard InChI is InChI=1S/C16H25ClN2S/c1-2-3-16(14-4-6-15(17)7-5-14)18-8-9-19-10-12-20-13-11-19/h4-7,16,18H,2-3,8-13H2,1H3. The fraction of sp³-hybridized carbons (Fsp3) is 0.625. The van der Waals surface area contributed by atoms with Crippen molar-refractivity contribution < 1.29 is 0 Å². The third-order valence-electron chi connectivity index (χ3n) is 3.77. The van der Waals surface area contributed by atoms with Gasteiger partial charge in [-0.1, -0.05) is 37.1 Å². The van der Waals surface area contributed by atoms with Gasteiger partial charge in [0.15, 0.2) is 0 Å². The lowest BCUT2D eigenvalue weighted by atomic mass is 10.0. The molecule has 2 rings (SSSR count). The van der Waals surface area contributed by atoms with Gasteiger partial charge in [-0.25, -0.2) is 0 Å². The highest BCUT2D eigenvalue weighted by molar-refractivity contribution is 7.99. The van der Waals surface area contributed by atoms with Crippen LogP contribution in [0.2, 0.25) is 5.02 Å². The second-order valence-electron chi connectivity index (χ2n) is 5.30. The molecular formula is C16H25ClN2S. The summed E-state index contributed by atoms with van der Waals surface area (Å²) in [5, 5.41) is 4.53. The van der Waals surface area contributed by atoms with Crippen LogP contribution < -0.4 is 5.32 Å². The fourth-order valence-corrected chi connectivity index (χ4v) is 3.70. The third-order valence-corrected chi connectivity index (χ3v) is 4.97. The minimum absolute atomic E-state index is 0.455. The van der Waals surface area contributed by atoms with Crippen LogP contribution in [0.15, 0.2) is 24.3 Å². The number of nitrogens with zero attached hydrogens (tertiary/aromatic N) is 1. The summed E-state index contributed by atoms with van der Waals surface area (Å²) < 4.78 is 0. The van der Waals surface area contributed by atoms with Gasteiger partial charge in [-0.15, -0.1) is 0 Å². The Hall–Kier alpha value is -0.220. The zero-order valence-electron chi connectivity index (χ0n) is 12.3. The van der Waals surface area contributed by atoms with Crippen molar-refractivity contribution in [3.8, 4) is 0 Å². The summed E-state index contributed by atoms with van der Waals surface area (Å²) >= 11 is 8.04. The Balaban J connectivity index is 1.80. The molecule has 1 aromatic carbocycles. The minimum atomic E-state index is 0.455.